The molecule has 0 heterocycles. The number of carboxylic acid groups (broad SMARTS) is 1. The summed E-state index contributed by atoms with van der Waals surface area (Å²) in [6.45, 7) is 6.80. The zero-order valence-corrected chi connectivity index (χ0v) is 15.2. The molecule has 0 saturated carbocycles. The minimum Gasteiger partial charge on any atom is -0.489 e. The predicted molar refractivity (Wildman–Crippen MR) is 104 cm³/mol. The molecule has 26 heavy (non-hydrogen) atoms. The van der Waals surface area contributed by atoms with Crippen LogP contribution in [0.2, 0.25) is 0 Å². The molecule has 3 rings (SSSR count). The Balaban J connectivity index is 1.71. The van der Waals surface area contributed by atoms with Gasteiger partial charge in [-0.05, 0) is 72.9 Å². The van der Waals surface area contributed by atoms with E-state index in [2.05, 4.69) is 45.0 Å². The Morgan fingerprint density at radius 2 is 1.46 bits per heavy atom. The number of hydrogen-bond acceptors (Lipinski definition) is 2. The Labute approximate surface area is 153 Å². The van der Waals surface area contributed by atoms with Crippen molar-refractivity contribution in [2.45, 2.75) is 27.4 Å². The van der Waals surface area contributed by atoms with Crippen LogP contribution in [-0.4, -0.2) is 11.1 Å². The van der Waals surface area contributed by atoms with Crippen molar-refractivity contribution in [2.24, 2.45) is 0 Å². The van der Waals surface area contributed by atoms with Gasteiger partial charge in [-0.15, -0.1) is 0 Å². The summed E-state index contributed by atoms with van der Waals surface area (Å²) in [6, 6.07) is 19.2. The highest BCUT2D eigenvalue weighted by Gasteiger charge is 2.07. The molecule has 0 aromatic heterocycles. The first-order chi connectivity index (χ1) is 12.4. The summed E-state index contributed by atoms with van der Waals surface area (Å²) < 4.78 is 5.82. The van der Waals surface area contributed by atoms with Gasteiger partial charge < -0.3 is 9.84 Å². The number of benzene rings is 3. The molecule has 3 heteroatoms. The van der Waals surface area contributed by atoms with E-state index in [0.29, 0.717) is 6.61 Å². The van der Waals surface area contributed by atoms with Gasteiger partial charge in [-0.1, -0.05) is 42.0 Å². The zero-order valence-electron chi connectivity index (χ0n) is 15.2. The smallest absolute Gasteiger partial charge is 0.335 e. The van der Waals surface area contributed by atoms with E-state index in [0.717, 1.165) is 11.3 Å². The summed E-state index contributed by atoms with van der Waals surface area (Å²) in [5.41, 5.74) is 7.48. The molecule has 0 radical (unpaired) electrons. The second kappa shape index (κ2) is 7.44. The molecule has 0 aliphatic heterocycles. The van der Waals surface area contributed by atoms with Gasteiger partial charge in [0.25, 0.3) is 0 Å². The molecule has 0 fully saturated rings. The van der Waals surface area contributed by atoms with E-state index in [1.54, 1.807) is 24.3 Å². The molecule has 1 N–H and O–H groups in total. The van der Waals surface area contributed by atoms with Crippen LogP contribution in [-0.2, 0) is 6.61 Å². The van der Waals surface area contributed by atoms with Crippen LogP contribution in [0.5, 0.6) is 5.75 Å². The standard InChI is InChI=1S/C23H22O3/c1-15-12-16(2)22(17(3)13-15)19-8-10-21(11-9-19)26-14-18-4-6-20(7-5-18)23(24)25/h4-13H,14H2,1-3H3,(H,24,25). The number of carbonyl (C=O) groups is 1. The summed E-state index contributed by atoms with van der Waals surface area (Å²) in [5.74, 6) is -0.131. The summed E-state index contributed by atoms with van der Waals surface area (Å²) >= 11 is 0. The lowest BCUT2D eigenvalue weighted by Gasteiger charge is -2.13. The Bertz CT molecular complexity index is 900. The molecular weight excluding hydrogens is 324 g/mol. The molecule has 0 spiro atoms. The third-order valence-electron chi connectivity index (χ3n) is 4.43. The largest absolute Gasteiger partial charge is 0.489 e. The maximum absolute atomic E-state index is 10.9. The number of rotatable bonds is 5. The van der Waals surface area contributed by atoms with E-state index in [9.17, 15) is 4.79 Å². The summed E-state index contributed by atoms with van der Waals surface area (Å²) in [6.07, 6.45) is 0. The summed E-state index contributed by atoms with van der Waals surface area (Å²) in [7, 11) is 0. The van der Waals surface area contributed by atoms with Crippen LogP contribution in [0.1, 0.15) is 32.6 Å². The average molecular weight is 346 g/mol. The maximum atomic E-state index is 10.9. The first-order valence-corrected chi connectivity index (χ1v) is 8.57. The first-order valence-electron chi connectivity index (χ1n) is 8.57. The van der Waals surface area contributed by atoms with E-state index in [-0.39, 0.29) is 5.56 Å². The van der Waals surface area contributed by atoms with Gasteiger partial charge in [0, 0.05) is 0 Å². The normalized spacial score (nSPS) is 10.6. The van der Waals surface area contributed by atoms with Crippen LogP contribution < -0.4 is 4.74 Å². The fourth-order valence-electron chi connectivity index (χ4n) is 3.26. The number of aryl methyl sites for hydroxylation is 3. The van der Waals surface area contributed by atoms with Gasteiger partial charge in [-0.3, -0.25) is 0 Å². The maximum Gasteiger partial charge on any atom is 0.335 e. The third-order valence-corrected chi connectivity index (χ3v) is 4.43. The Morgan fingerprint density at radius 1 is 0.885 bits per heavy atom. The number of aromatic carboxylic acids is 1. The quantitative estimate of drug-likeness (QED) is 0.658. The van der Waals surface area contributed by atoms with Crippen molar-refractivity contribution >= 4 is 5.97 Å². The van der Waals surface area contributed by atoms with Crippen LogP contribution in [0.3, 0.4) is 0 Å². The fraction of sp³-hybridized carbons (Fsp3) is 0.174. The lowest BCUT2D eigenvalue weighted by atomic mass is 9.94. The second-order valence-corrected chi connectivity index (χ2v) is 6.59. The van der Waals surface area contributed by atoms with Crippen LogP contribution in [0.4, 0.5) is 0 Å². The van der Waals surface area contributed by atoms with E-state index in [4.69, 9.17) is 9.84 Å². The van der Waals surface area contributed by atoms with Crippen molar-refractivity contribution in [3.05, 3.63) is 88.5 Å². The summed E-state index contributed by atoms with van der Waals surface area (Å²) in [4.78, 5) is 10.9. The lowest BCUT2D eigenvalue weighted by Crippen LogP contribution is -1.99. The Kier molecular flexibility index (Phi) is 5.08. The first kappa shape index (κ1) is 17.7. The van der Waals surface area contributed by atoms with Gasteiger partial charge in [0.1, 0.15) is 12.4 Å². The summed E-state index contributed by atoms with van der Waals surface area (Å²) in [5, 5.41) is 8.93. The molecule has 0 unspecified atom stereocenters. The number of carboxylic acids is 1. The molecule has 3 aromatic carbocycles. The molecule has 0 aliphatic rings. The van der Waals surface area contributed by atoms with Crippen molar-refractivity contribution in [3.63, 3.8) is 0 Å². The van der Waals surface area contributed by atoms with Crippen molar-refractivity contribution in [3.8, 4) is 16.9 Å². The SMILES string of the molecule is Cc1cc(C)c(-c2ccc(OCc3ccc(C(=O)O)cc3)cc2)c(C)c1. The van der Waals surface area contributed by atoms with Gasteiger partial charge in [0.15, 0.2) is 0 Å². The highest BCUT2D eigenvalue weighted by Crippen LogP contribution is 2.29. The van der Waals surface area contributed by atoms with E-state index >= 15 is 0 Å². The second-order valence-electron chi connectivity index (χ2n) is 6.59. The molecule has 0 bridgehead atoms. The highest BCUT2D eigenvalue weighted by atomic mass is 16.5. The molecule has 0 aliphatic carbocycles. The Morgan fingerprint density at radius 3 is 2.00 bits per heavy atom. The van der Waals surface area contributed by atoms with Crippen LogP contribution in [0.25, 0.3) is 11.1 Å². The molecule has 3 aromatic rings. The van der Waals surface area contributed by atoms with Crippen molar-refractivity contribution in [2.75, 3.05) is 0 Å². The number of ether oxygens (including phenoxy) is 1. The molecular formula is C23H22O3. The van der Waals surface area contributed by atoms with Gasteiger partial charge in [-0.2, -0.15) is 0 Å². The van der Waals surface area contributed by atoms with Crippen LogP contribution >= 0.6 is 0 Å². The third kappa shape index (κ3) is 3.94. The molecule has 3 nitrogen and oxygen atoms in total. The monoisotopic (exact) mass is 346 g/mol. The topological polar surface area (TPSA) is 46.5 Å². The molecule has 0 amide bonds. The van der Waals surface area contributed by atoms with Gasteiger partial charge in [0.2, 0.25) is 0 Å². The van der Waals surface area contributed by atoms with E-state index in [1.807, 2.05) is 12.1 Å². The zero-order chi connectivity index (χ0) is 18.7. The van der Waals surface area contributed by atoms with E-state index < -0.39 is 5.97 Å². The van der Waals surface area contributed by atoms with Crippen molar-refractivity contribution in [1.29, 1.82) is 0 Å². The van der Waals surface area contributed by atoms with Crippen LogP contribution in [0, 0.1) is 20.8 Å². The fourth-order valence-corrected chi connectivity index (χ4v) is 3.26. The van der Waals surface area contributed by atoms with Gasteiger partial charge in [0.05, 0.1) is 5.56 Å². The molecule has 0 atom stereocenters. The van der Waals surface area contributed by atoms with Crippen molar-refractivity contribution < 1.29 is 14.6 Å². The minimum absolute atomic E-state index is 0.280. The molecule has 132 valence electrons. The van der Waals surface area contributed by atoms with Crippen molar-refractivity contribution in [1.82, 2.24) is 0 Å². The lowest BCUT2D eigenvalue weighted by molar-refractivity contribution is 0.0697. The molecule has 0 saturated heterocycles. The van der Waals surface area contributed by atoms with Gasteiger partial charge >= 0.3 is 5.97 Å². The average Bonchev–Trinajstić information content (AvgIpc) is 2.60. The van der Waals surface area contributed by atoms with E-state index in [1.165, 1.54) is 27.8 Å². The Hall–Kier alpha value is -3.07. The predicted octanol–water partition coefficient (Wildman–Crippen LogP) is 5.56. The van der Waals surface area contributed by atoms with Gasteiger partial charge in [-0.25, -0.2) is 4.79 Å². The minimum atomic E-state index is -0.922. The highest BCUT2D eigenvalue weighted by molar-refractivity contribution is 5.87. The van der Waals surface area contributed by atoms with Crippen LogP contribution in [0.15, 0.2) is 60.7 Å². The number of hydrogen-bond donors (Lipinski definition) is 1.